The molecule has 1 aromatic heterocycles. The van der Waals surface area contributed by atoms with Crippen LogP contribution in [0.1, 0.15) is 28.6 Å². The SMILES string of the molecule is CNC(c1ccc(C)s1)C1CC1. The molecule has 1 aliphatic carbocycles. The van der Waals surface area contributed by atoms with Crippen LogP contribution in [-0.2, 0) is 0 Å². The van der Waals surface area contributed by atoms with Crippen molar-refractivity contribution in [1.29, 1.82) is 0 Å². The first-order chi connectivity index (χ1) is 5.81. The molecule has 1 saturated carbocycles. The van der Waals surface area contributed by atoms with Crippen molar-refractivity contribution in [2.45, 2.75) is 25.8 Å². The smallest absolute Gasteiger partial charge is 0.0441 e. The molecule has 1 nitrogen and oxygen atoms in total. The molecule has 1 atom stereocenters. The lowest BCUT2D eigenvalue weighted by molar-refractivity contribution is 0.537. The van der Waals surface area contributed by atoms with Gasteiger partial charge in [-0.3, -0.25) is 0 Å². The van der Waals surface area contributed by atoms with E-state index in [1.54, 1.807) is 0 Å². The van der Waals surface area contributed by atoms with Crippen molar-refractivity contribution in [2.24, 2.45) is 5.92 Å². The maximum Gasteiger partial charge on any atom is 0.0441 e. The number of hydrogen-bond acceptors (Lipinski definition) is 2. The summed E-state index contributed by atoms with van der Waals surface area (Å²) in [6.07, 6.45) is 2.81. The normalized spacial score (nSPS) is 19.5. The van der Waals surface area contributed by atoms with Gasteiger partial charge in [0, 0.05) is 15.8 Å². The summed E-state index contributed by atoms with van der Waals surface area (Å²) in [5.74, 6) is 0.910. The lowest BCUT2D eigenvalue weighted by Crippen LogP contribution is -2.16. The van der Waals surface area contributed by atoms with Crippen LogP contribution in [0.15, 0.2) is 12.1 Å². The van der Waals surface area contributed by atoms with E-state index in [1.165, 1.54) is 22.6 Å². The molecule has 0 aromatic carbocycles. The average molecular weight is 181 g/mol. The highest BCUT2D eigenvalue weighted by Gasteiger charge is 2.31. The van der Waals surface area contributed by atoms with Gasteiger partial charge in [-0.15, -0.1) is 11.3 Å². The number of nitrogens with one attached hydrogen (secondary N) is 1. The molecule has 1 aliphatic rings. The molecule has 2 heteroatoms. The summed E-state index contributed by atoms with van der Waals surface area (Å²) in [5, 5.41) is 3.40. The largest absolute Gasteiger partial charge is 0.312 e. The van der Waals surface area contributed by atoms with Crippen LogP contribution in [0, 0.1) is 12.8 Å². The fraction of sp³-hybridized carbons (Fsp3) is 0.600. The highest BCUT2D eigenvalue weighted by Crippen LogP contribution is 2.42. The van der Waals surface area contributed by atoms with E-state index in [9.17, 15) is 0 Å². The zero-order valence-electron chi connectivity index (χ0n) is 7.63. The zero-order valence-corrected chi connectivity index (χ0v) is 8.45. The van der Waals surface area contributed by atoms with Crippen molar-refractivity contribution in [3.63, 3.8) is 0 Å². The topological polar surface area (TPSA) is 12.0 Å². The molecule has 12 heavy (non-hydrogen) atoms. The molecule has 0 spiro atoms. The van der Waals surface area contributed by atoms with E-state index in [4.69, 9.17) is 0 Å². The Balaban J connectivity index is 2.15. The number of rotatable bonds is 3. The van der Waals surface area contributed by atoms with Crippen LogP contribution in [0.3, 0.4) is 0 Å². The van der Waals surface area contributed by atoms with E-state index >= 15 is 0 Å². The van der Waals surface area contributed by atoms with Crippen LogP contribution >= 0.6 is 11.3 Å². The van der Waals surface area contributed by atoms with Gasteiger partial charge >= 0.3 is 0 Å². The third-order valence-electron chi connectivity index (χ3n) is 2.47. The van der Waals surface area contributed by atoms with Gasteiger partial charge in [0.05, 0.1) is 0 Å². The van der Waals surface area contributed by atoms with Crippen molar-refractivity contribution < 1.29 is 0 Å². The van der Waals surface area contributed by atoms with E-state index in [-0.39, 0.29) is 0 Å². The third-order valence-corrected chi connectivity index (χ3v) is 3.56. The second kappa shape index (κ2) is 3.19. The van der Waals surface area contributed by atoms with Crippen molar-refractivity contribution in [2.75, 3.05) is 7.05 Å². The molecule has 0 bridgehead atoms. The highest BCUT2D eigenvalue weighted by molar-refractivity contribution is 7.12. The predicted octanol–water partition coefficient (Wildman–Crippen LogP) is 2.73. The van der Waals surface area contributed by atoms with Crippen molar-refractivity contribution >= 4 is 11.3 Å². The molecular weight excluding hydrogens is 166 g/mol. The summed E-state index contributed by atoms with van der Waals surface area (Å²) in [5.41, 5.74) is 0. The first-order valence-corrected chi connectivity index (χ1v) is 5.36. The molecule has 66 valence electrons. The minimum Gasteiger partial charge on any atom is -0.312 e. The van der Waals surface area contributed by atoms with Crippen LogP contribution in [0.4, 0.5) is 0 Å². The van der Waals surface area contributed by atoms with Crippen molar-refractivity contribution in [3.8, 4) is 0 Å². The number of aryl methyl sites for hydroxylation is 1. The molecule has 2 rings (SSSR count). The monoisotopic (exact) mass is 181 g/mol. The molecule has 1 heterocycles. The van der Waals surface area contributed by atoms with Gasteiger partial charge in [0.15, 0.2) is 0 Å². The maximum atomic E-state index is 3.40. The Morgan fingerprint density at radius 3 is 2.67 bits per heavy atom. The van der Waals surface area contributed by atoms with E-state index in [0.717, 1.165) is 5.92 Å². The first-order valence-electron chi connectivity index (χ1n) is 4.55. The molecule has 0 radical (unpaired) electrons. The van der Waals surface area contributed by atoms with Gasteiger partial charge in [-0.25, -0.2) is 0 Å². The van der Waals surface area contributed by atoms with E-state index < -0.39 is 0 Å². The Hall–Kier alpha value is -0.340. The quantitative estimate of drug-likeness (QED) is 0.756. The molecular formula is C10H15NS. The summed E-state index contributed by atoms with van der Waals surface area (Å²) in [7, 11) is 2.07. The Morgan fingerprint density at radius 2 is 2.25 bits per heavy atom. The Morgan fingerprint density at radius 1 is 1.50 bits per heavy atom. The minimum atomic E-state index is 0.628. The molecule has 1 unspecified atom stereocenters. The van der Waals surface area contributed by atoms with E-state index in [0.29, 0.717) is 6.04 Å². The predicted molar refractivity (Wildman–Crippen MR) is 53.6 cm³/mol. The lowest BCUT2D eigenvalue weighted by Gasteiger charge is -2.12. The van der Waals surface area contributed by atoms with E-state index in [1.807, 2.05) is 11.3 Å². The van der Waals surface area contributed by atoms with Gasteiger partial charge in [0.25, 0.3) is 0 Å². The van der Waals surface area contributed by atoms with Gasteiger partial charge in [-0.2, -0.15) is 0 Å². The molecule has 0 amide bonds. The summed E-state index contributed by atoms with van der Waals surface area (Å²) >= 11 is 1.93. The van der Waals surface area contributed by atoms with Crippen LogP contribution in [0.2, 0.25) is 0 Å². The molecule has 1 fully saturated rings. The fourth-order valence-electron chi connectivity index (χ4n) is 1.66. The van der Waals surface area contributed by atoms with Gasteiger partial charge in [0.2, 0.25) is 0 Å². The highest BCUT2D eigenvalue weighted by atomic mass is 32.1. The van der Waals surface area contributed by atoms with Crippen molar-refractivity contribution in [3.05, 3.63) is 21.9 Å². The summed E-state index contributed by atoms with van der Waals surface area (Å²) < 4.78 is 0. The van der Waals surface area contributed by atoms with E-state index in [2.05, 4.69) is 31.4 Å². The van der Waals surface area contributed by atoms with Gasteiger partial charge in [-0.05, 0) is 44.9 Å². The Bertz CT molecular complexity index is 263. The van der Waals surface area contributed by atoms with Gasteiger partial charge < -0.3 is 5.32 Å². The minimum absolute atomic E-state index is 0.628. The Labute approximate surface area is 77.8 Å². The number of hydrogen-bond donors (Lipinski definition) is 1. The standard InChI is InChI=1S/C10H15NS/c1-7-3-6-9(12-7)10(11-2)8-4-5-8/h3,6,8,10-11H,4-5H2,1-2H3. The maximum absolute atomic E-state index is 3.40. The van der Waals surface area contributed by atoms with Gasteiger partial charge in [-0.1, -0.05) is 0 Å². The Kier molecular flexibility index (Phi) is 2.20. The summed E-state index contributed by atoms with van der Waals surface area (Å²) in [4.78, 5) is 2.93. The number of thiophene rings is 1. The summed E-state index contributed by atoms with van der Waals surface area (Å²) in [6, 6.07) is 5.11. The summed E-state index contributed by atoms with van der Waals surface area (Å²) in [6.45, 7) is 2.17. The fourth-order valence-corrected chi connectivity index (χ4v) is 2.74. The van der Waals surface area contributed by atoms with Crippen LogP contribution in [0.25, 0.3) is 0 Å². The third kappa shape index (κ3) is 1.54. The zero-order chi connectivity index (χ0) is 8.55. The molecule has 1 aromatic rings. The first kappa shape index (κ1) is 8.27. The van der Waals surface area contributed by atoms with Crippen LogP contribution in [-0.4, -0.2) is 7.05 Å². The van der Waals surface area contributed by atoms with Crippen molar-refractivity contribution in [1.82, 2.24) is 5.32 Å². The van der Waals surface area contributed by atoms with Crippen LogP contribution in [0.5, 0.6) is 0 Å². The molecule has 1 N–H and O–H groups in total. The van der Waals surface area contributed by atoms with Gasteiger partial charge in [0.1, 0.15) is 0 Å². The second-order valence-corrected chi connectivity index (χ2v) is 4.87. The molecule has 0 aliphatic heterocycles. The average Bonchev–Trinajstić information content (AvgIpc) is 2.78. The van der Waals surface area contributed by atoms with Crippen LogP contribution < -0.4 is 5.32 Å². The lowest BCUT2D eigenvalue weighted by atomic mass is 10.1. The second-order valence-electron chi connectivity index (χ2n) is 3.55. The molecule has 0 saturated heterocycles.